The second-order valence-electron chi connectivity index (χ2n) is 5.51. The van der Waals surface area contributed by atoms with Crippen LogP contribution in [0.4, 0.5) is 4.79 Å². The van der Waals surface area contributed by atoms with Gasteiger partial charge in [0, 0.05) is 23.5 Å². The fourth-order valence-electron chi connectivity index (χ4n) is 2.72. The number of hydrogen-bond donors (Lipinski definition) is 0. The highest BCUT2D eigenvalue weighted by atomic mass is 16.2. The molecule has 0 amide bonds. The first-order chi connectivity index (χ1) is 10.6. The van der Waals surface area contributed by atoms with Gasteiger partial charge in [0.2, 0.25) is 0 Å². The van der Waals surface area contributed by atoms with Crippen molar-refractivity contribution in [3.63, 3.8) is 0 Å². The van der Waals surface area contributed by atoms with Crippen LogP contribution in [-0.2, 0) is 0 Å². The van der Waals surface area contributed by atoms with Gasteiger partial charge in [0.1, 0.15) is 0 Å². The first-order valence-electron chi connectivity index (χ1n) is 7.29. The highest BCUT2D eigenvalue weighted by Gasteiger charge is 2.23. The van der Waals surface area contributed by atoms with Gasteiger partial charge in [-0.2, -0.15) is 19.6 Å². The number of carbonyl (C=O) groups excluding carboxylic acids is 1. The summed E-state index contributed by atoms with van der Waals surface area (Å²) in [4.78, 5) is 12.7. The van der Waals surface area contributed by atoms with Crippen molar-refractivity contribution in [3.8, 4) is 11.3 Å². The Morgan fingerprint density at radius 2 is 1.86 bits per heavy atom. The molecule has 0 aliphatic heterocycles. The Hall–Kier alpha value is -2.69. The Kier molecular flexibility index (Phi) is 3.63. The molecule has 22 heavy (non-hydrogen) atoms. The second kappa shape index (κ2) is 5.60. The van der Waals surface area contributed by atoms with E-state index in [1.807, 2.05) is 37.3 Å². The van der Waals surface area contributed by atoms with Crippen molar-refractivity contribution in [2.45, 2.75) is 26.7 Å². The molecule has 5 nitrogen and oxygen atoms in total. The third kappa shape index (κ3) is 2.35. The number of benzene rings is 1. The third-order valence-corrected chi connectivity index (χ3v) is 3.61. The largest absolute Gasteiger partial charge is 0.369 e. The quantitative estimate of drug-likeness (QED) is 0.724. The lowest BCUT2D eigenvalue weighted by atomic mass is 9.97. The Bertz CT molecular complexity index is 786. The molecule has 2 aromatic heterocycles. The second-order valence-corrected chi connectivity index (χ2v) is 5.51. The summed E-state index contributed by atoms with van der Waals surface area (Å²) >= 11 is 0. The van der Waals surface area contributed by atoms with Crippen LogP contribution >= 0.6 is 0 Å². The van der Waals surface area contributed by atoms with E-state index in [0.29, 0.717) is 0 Å². The van der Waals surface area contributed by atoms with E-state index in [-0.39, 0.29) is 11.9 Å². The predicted octanol–water partition coefficient (Wildman–Crippen LogP) is 3.69. The summed E-state index contributed by atoms with van der Waals surface area (Å²) in [5, 5.41) is 8.49. The Morgan fingerprint density at radius 1 is 1.14 bits per heavy atom. The summed E-state index contributed by atoms with van der Waals surface area (Å²) < 4.78 is 2.75. The maximum Gasteiger partial charge on any atom is 0.369 e. The van der Waals surface area contributed by atoms with Crippen LogP contribution < -0.4 is 0 Å². The SMILES string of the molecule is Cc1nn(C(=O)n2cccn2)c(-c2ccccc2)c1C(C)C. The molecular weight excluding hydrogens is 276 g/mol. The lowest BCUT2D eigenvalue weighted by Crippen LogP contribution is -2.22. The van der Waals surface area contributed by atoms with Gasteiger partial charge in [-0.1, -0.05) is 44.2 Å². The van der Waals surface area contributed by atoms with Crippen LogP contribution in [0.25, 0.3) is 11.3 Å². The van der Waals surface area contributed by atoms with Gasteiger partial charge < -0.3 is 0 Å². The number of aromatic nitrogens is 4. The molecule has 0 fully saturated rings. The normalized spacial score (nSPS) is 11.1. The van der Waals surface area contributed by atoms with Gasteiger partial charge in [0.25, 0.3) is 0 Å². The zero-order valence-electron chi connectivity index (χ0n) is 12.9. The number of aryl methyl sites for hydroxylation is 1. The van der Waals surface area contributed by atoms with Crippen LogP contribution in [0.15, 0.2) is 48.8 Å². The summed E-state index contributed by atoms with van der Waals surface area (Å²) in [7, 11) is 0. The highest BCUT2D eigenvalue weighted by Crippen LogP contribution is 2.31. The number of carbonyl (C=O) groups is 1. The van der Waals surface area contributed by atoms with E-state index in [4.69, 9.17) is 0 Å². The van der Waals surface area contributed by atoms with Crippen LogP contribution in [-0.4, -0.2) is 25.6 Å². The molecular formula is C17H18N4O. The van der Waals surface area contributed by atoms with Crippen molar-refractivity contribution in [2.24, 2.45) is 0 Å². The minimum Gasteiger partial charge on any atom is -0.244 e. The van der Waals surface area contributed by atoms with Gasteiger partial charge >= 0.3 is 6.03 Å². The van der Waals surface area contributed by atoms with Crippen molar-refractivity contribution in [2.75, 3.05) is 0 Å². The lowest BCUT2D eigenvalue weighted by molar-refractivity contribution is 0.238. The number of hydrogen-bond acceptors (Lipinski definition) is 3. The first kappa shape index (κ1) is 14.3. The first-order valence-corrected chi connectivity index (χ1v) is 7.29. The summed E-state index contributed by atoms with van der Waals surface area (Å²) in [6, 6.07) is 11.3. The van der Waals surface area contributed by atoms with Gasteiger partial charge in [0.05, 0.1) is 11.4 Å². The molecule has 0 radical (unpaired) electrons. The molecule has 0 aliphatic rings. The van der Waals surface area contributed by atoms with E-state index in [0.717, 1.165) is 22.5 Å². The van der Waals surface area contributed by atoms with Gasteiger partial charge in [-0.15, -0.1) is 0 Å². The third-order valence-electron chi connectivity index (χ3n) is 3.61. The van der Waals surface area contributed by atoms with Crippen molar-refractivity contribution >= 4 is 6.03 Å². The zero-order valence-corrected chi connectivity index (χ0v) is 12.9. The Morgan fingerprint density at radius 3 is 2.45 bits per heavy atom. The zero-order chi connectivity index (χ0) is 15.7. The van der Waals surface area contributed by atoms with Crippen LogP contribution in [0, 0.1) is 6.92 Å². The summed E-state index contributed by atoms with van der Waals surface area (Å²) in [6.07, 6.45) is 3.21. The van der Waals surface area contributed by atoms with Gasteiger partial charge in [0.15, 0.2) is 0 Å². The minimum absolute atomic E-state index is 0.273. The average molecular weight is 294 g/mol. The van der Waals surface area contributed by atoms with Crippen molar-refractivity contribution in [1.29, 1.82) is 0 Å². The van der Waals surface area contributed by atoms with Gasteiger partial charge in [-0.25, -0.2) is 4.79 Å². The van der Waals surface area contributed by atoms with Crippen LogP contribution in [0.3, 0.4) is 0 Å². The molecule has 0 spiro atoms. The minimum atomic E-state index is -0.279. The molecule has 0 N–H and O–H groups in total. The molecule has 0 bridgehead atoms. The molecule has 0 unspecified atom stereocenters. The summed E-state index contributed by atoms with van der Waals surface area (Å²) in [5.41, 5.74) is 3.78. The van der Waals surface area contributed by atoms with Crippen LogP contribution in [0.5, 0.6) is 0 Å². The van der Waals surface area contributed by atoms with Gasteiger partial charge in [-0.05, 0) is 18.9 Å². The standard InChI is InChI=1S/C17H18N4O/c1-12(2)15-13(3)19-21(17(22)20-11-7-10-18-20)16(15)14-8-5-4-6-9-14/h4-12H,1-3H3. The molecule has 0 aliphatic carbocycles. The Balaban J connectivity index is 2.23. The molecule has 3 rings (SSSR count). The Labute approximate surface area is 129 Å². The van der Waals surface area contributed by atoms with Crippen molar-refractivity contribution in [3.05, 3.63) is 60.0 Å². The van der Waals surface area contributed by atoms with E-state index in [1.54, 1.807) is 18.5 Å². The topological polar surface area (TPSA) is 52.7 Å². The number of nitrogens with zero attached hydrogens (tertiary/aromatic N) is 4. The number of rotatable bonds is 2. The molecule has 112 valence electrons. The van der Waals surface area contributed by atoms with E-state index in [9.17, 15) is 4.79 Å². The lowest BCUT2D eigenvalue weighted by Gasteiger charge is -2.11. The maximum atomic E-state index is 12.7. The molecule has 0 atom stereocenters. The van der Waals surface area contributed by atoms with Crippen LogP contribution in [0.2, 0.25) is 0 Å². The molecule has 2 heterocycles. The van der Waals surface area contributed by atoms with Crippen molar-refractivity contribution in [1.82, 2.24) is 19.6 Å². The average Bonchev–Trinajstić information content (AvgIpc) is 3.14. The fourth-order valence-corrected chi connectivity index (χ4v) is 2.72. The van der Waals surface area contributed by atoms with Crippen molar-refractivity contribution < 1.29 is 4.79 Å². The molecule has 3 aromatic rings. The van der Waals surface area contributed by atoms with E-state index < -0.39 is 0 Å². The molecule has 0 saturated carbocycles. The summed E-state index contributed by atoms with van der Waals surface area (Å²) in [6.45, 7) is 6.16. The predicted molar refractivity (Wildman–Crippen MR) is 84.9 cm³/mol. The van der Waals surface area contributed by atoms with Crippen LogP contribution in [0.1, 0.15) is 31.0 Å². The maximum absolute atomic E-state index is 12.7. The molecule has 1 aromatic carbocycles. The van der Waals surface area contributed by atoms with E-state index >= 15 is 0 Å². The molecule has 0 saturated heterocycles. The highest BCUT2D eigenvalue weighted by molar-refractivity contribution is 5.84. The smallest absolute Gasteiger partial charge is 0.244 e. The monoisotopic (exact) mass is 294 g/mol. The van der Waals surface area contributed by atoms with E-state index in [2.05, 4.69) is 24.0 Å². The van der Waals surface area contributed by atoms with Gasteiger partial charge in [-0.3, -0.25) is 0 Å². The fraction of sp³-hybridized carbons (Fsp3) is 0.235. The molecule has 5 heteroatoms. The summed E-state index contributed by atoms with van der Waals surface area (Å²) in [5.74, 6) is 0.273. The van der Waals surface area contributed by atoms with E-state index in [1.165, 1.54) is 9.36 Å².